The van der Waals surface area contributed by atoms with Crippen LogP contribution in [0.15, 0.2) is 0 Å². The molecule has 2 nitrogen and oxygen atoms in total. The van der Waals surface area contributed by atoms with Gasteiger partial charge in [-0.15, -0.1) is 0 Å². The predicted octanol–water partition coefficient (Wildman–Crippen LogP) is 5.36. The van der Waals surface area contributed by atoms with Gasteiger partial charge in [0.25, 0.3) is 0 Å². The van der Waals surface area contributed by atoms with Gasteiger partial charge in [-0.3, -0.25) is 4.79 Å². The molecule has 1 rings (SSSR count). The van der Waals surface area contributed by atoms with Gasteiger partial charge in [-0.25, -0.2) is 0 Å². The Balaban J connectivity index is 2.10. The van der Waals surface area contributed by atoms with Gasteiger partial charge in [-0.1, -0.05) is 83.5 Å². The summed E-state index contributed by atoms with van der Waals surface area (Å²) in [4.78, 5) is 11.6. The highest BCUT2D eigenvalue weighted by atomic mass is 16.1. The van der Waals surface area contributed by atoms with Gasteiger partial charge in [0.05, 0.1) is 0 Å². The maximum Gasteiger partial charge on any atom is 0.219 e. The first kappa shape index (κ1) is 17.5. The Bertz CT molecular complexity index is 205. The highest BCUT2D eigenvalue weighted by Crippen LogP contribution is 2.13. The molecular formula is C18H35NO. The molecule has 1 fully saturated rings. The number of nitrogens with one attached hydrogen (secondary N) is 1. The summed E-state index contributed by atoms with van der Waals surface area (Å²) in [6.07, 6.45) is 20.8. The third-order valence-corrected chi connectivity index (χ3v) is 4.40. The maximum absolute atomic E-state index is 11.6. The first-order valence-electron chi connectivity index (χ1n) is 9.16. The van der Waals surface area contributed by atoms with Crippen LogP contribution in [0.2, 0.25) is 0 Å². The van der Waals surface area contributed by atoms with Gasteiger partial charge in [0.15, 0.2) is 0 Å². The van der Waals surface area contributed by atoms with Crippen molar-refractivity contribution in [2.45, 2.75) is 103 Å². The zero-order valence-electron chi connectivity index (χ0n) is 13.4. The number of carbonyl (C=O) groups excluding carboxylic acids is 1. The Kier molecular flexibility index (Phi) is 11.8. The van der Waals surface area contributed by atoms with E-state index in [9.17, 15) is 4.79 Å². The van der Waals surface area contributed by atoms with E-state index in [1.54, 1.807) is 0 Å². The molecule has 1 heterocycles. The summed E-state index contributed by atoms with van der Waals surface area (Å²) in [6.45, 7) is 0.888. The van der Waals surface area contributed by atoms with Crippen molar-refractivity contribution in [3.8, 4) is 0 Å². The lowest BCUT2D eigenvalue weighted by atomic mass is 10.0. The van der Waals surface area contributed by atoms with Crippen LogP contribution in [0.4, 0.5) is 0 Å². The molecule has 0 unspecified atom stereocenters. The van der Waals surface area contributed by atoms with Gasteiger partial charge in [0.2, 0.25) is 5.91 Å². The summed E-state index contributed by atoms with van der Waals surface area (Å²) < 4.78 is 0. The van der Waals surface area contributed by atoms with Crippen LogP contribution in [0.3, 0.4) is 0 Å². The molecule has 0 saturated carbocycles. The lowest BCUT2D eigenvalue weighted by Crippen LogP contribution is -2.23. The van der Waals surface area contributed by atoms with E-state index in [2.05, 4.69) is 5.32 Å². The van der Waals surface area contributed by atoms with Crippen LogP contribution in [0.5, 0.6) is 0 Å². The number of carbonyl (C=O) groups is 1. The lowest BCUT2D eigenvalue weighted by molar-refractivity contribution is -0.121. The Morgan fingerprint density at radius 3 is 1.30 bits per heavy atom. The topological polar surface area (TPSA) is 29.1 Å². The van der Waals surface area contributed by atoms with E-state index in [4.69, 9.17) is 0 Å². The monoisotopic (exact) mass is 281 g/mol. The zero-order valence-corrected chi connectivity index (χ0v) is 13.4. The predicted molar refractivity (Wildman–Crippen MR) is 86.9 cm³/mol. The Morgan fingerprint density at radius 1 is 0.500 bits per heavy atom. The van der Waals surface area contributed by atoms with Gasteiger partial charge in [-0.2, -0.15) is 0 Å². The van der Waals surface area contributed by atoms with E-state index in [0.717, 1.165) is 25.8 Å². The van der Waals surface area contributed by atoms with E-state index in [1.165, 1.54) is 83.5 Å². The van der Waals surface area contributed by atoms with Gasteiger partial charge in [-0.05, 0) is 12.8 Å². The molecule has 0 aromatic carbocycles. The van der Waals surface area contributed by atoms with Crippen molar-refractivity contribution in [1.82, 2.24) is 5.32 Å². The average Bonchev–Trinajstić information content (AvgIpc) is 2.45. The highest BCUT2D eigenvalue weighted by Gasteiger charge is 2.01. The number of hydrogen-bond donors (Lipinski definition) is 1. The number of amides is 1. The largest absolute Gasteiger partial charge is 0.356 e. The molecule has 1 amide bonds. The van der Waals surface area contributed by atoms with Crippen LogP contribution in [0.25, 0.3) is 0 Å². The summed E-state index contributed by atoms with van der Waals surface area (Å²) >= 11 is 0. The second-order valence-electron chi connectivity index (χ2n) is 6.40. The lowest BCUT2D eigenvalue weighted by Gasteiger charge is -2.05. The first-order chi connectivity index (χ1) is 9.89. The molecule has 118 valence electrons. The van der Waals surface area contributed by atoms with Gasteiger partial charge < -0.3 is 5.32 Å². The van der Waals surface area contributed by atoms with Gasteiger partial charge in [0.1, 0.15) is 0 Å². The van der Waals surface area contributed by atoms with Crippen molar-refractivity contribution >= 4 is 5.91 Å². The van der Waals surface area contributed by atoms with E-state index >= 15 is 0 Å². The van der Waals surface area contributed by atoms with Crippen molar-refractivity contribution in [3.05, 3.63) is 0 Å². The van der Waals surface area contributed by atoms with Crippen LogP contribution < -0.4 is 5.32 Å². The van der Waals surface area contributed by atoms with Crippen LogP contribution in [0, 0.1) is 0 Å². The normalized spacial score (nSPS) is 23.1. The molecule has 0 spiro atoms. The third-order valence-electron chi connectivity index (χ3n) is 4.40. The molecule has 0 aliphatic carbocycles. The smallest absolute Gasteiger partial charge is 0.219 e. The summed E-state index contributed by atoms with van der Waals surface area (Å²) in [5.41, 5.74) is 0. The minimum absolute atomic E-state index is 0.267. The van der Waals surface area contributed by atoms with Gasteiger partial charge in [0, 0.05) is 13.0 Å². The molecule has 0 radical (unpaired) electrons. The van der Waals surface area contributed by atoms with Gasteiger partial charge >= 0.3 is 0 Å². The fraction of sp³-hybridized carbons (Fsp3) is 0.944. The Morgan fingerprint density at radius 2 is 0.850 bits per heavy atom. The van der Waals surface area contributed by atoms with Crippen LogP contribution in [0.1, 0.15) is 103 Å². The second-order valence-corrected chi connectivity index (χ2v) is 6.40. The molecule has 0 atom stereocenters. The molecule has 1 saturated heterocycles. The Hall–Kier alpha value is -0.530. The van der Waals surface area contributed by atoms with Crippen molar-refractivity contribution in [2.24, 2.45) is 0 Å². The molecule has 0 aromatic heterocycles. The van der Waals surface area contributed by atoms with Crippen molar-refractivity contribution in [3.63, 3.8) is 0 Å². The Labute approximate surface area is 126 Å². The summed E-state index contributed by atoms with van der Waals surface area (Å²) in [5.74, 6) is 0.267. The van der Waals surface area contributed by atoms with E-state index < -0.39 is 0 Å². The highest BCUT2D eigenvalue weighted by molar-refractivity contribution is 5.75. The minimum Gasteiger partial charge on any atom is -0.356 e. The van der Waals surface area contributed by atoms with E-state index in [1.807, 2.05) is 0 Å². The third kappa shape index (κ3) is 11.3. The summed E-state index contributed by atoms with van der Waals surface area (Å²) in [6, 6.07) is 0. The SMILES string of the molecule is O=C1CCCCCCCCCCCCCCCCCN1. The molecule has 1 N–H and O–H groups in total. The first-order valence-corrected chi connectivity index (χ1v) is 9.16. The molecule has 0 bridgehead atoms. The second kappa shape index (κ2) is 13.5. The molecular weight excluding hydrogens is 246 g/mol. The minimum atomic E-state index is 0.267. The molecule has 20 heavy (non-hydrogen) atoms. The van der Waals surface area contributed by atoms with E-state index in [-0.39, 0.29) is 5.91 Å². The number of hydrogen-bond acceptors (Lipinski definition) is 1. The molecule has 1 aliphatic rings. The van der Waals surface area contributed by atoms with Crippen LogP contribution >= 0.6 is 0 Å². The van der Waals surface area contributed by atoms with Crippen LogP contribution in [-0.2, 0) is 4.79 Å². The fourth-order valence-electron chi connectivity index (χ4n) is 3.02. The molecule has 2 heteroatoms. The standard InChI is InChI=1S/C18H35NO/c20-18-16-14-12-10-8-6-4-2-1-3-5-7-9-11-13-15-17-19-18/h1-17H2,(H,19,20). The van der Waals surface area contributed by atoms with Crippen molar-refractivity contribution in [2.75, 3.05) is 6.54 Å². The summed E-state index contributed by atoms with van der Waals surface area (Å²) in [7, 11) is 0. The van der Waals surface area contributed by atoms with Crippen molar-refractivity contribution in [1.29, 1.82) is 0 Å². The summed E-state index contributed by atoms with van der Waals surface area (Å²) in [5, 5.41) is 3.06. The fourth-order valence-corrected chi connectivity index (χ4v) is 3.02. The average molecular weight is 281 g/mol. The van der Waals surface area contributed by atoms with E-state index in [0.29, 0.717) is 0 Å². The zero-order chi connectivity index (χ0) is 14.3. The number of rotatable bonds is 0. The molecule has 1 aliphatic heterocycles. The van der Waals surface area contributed by atoms with Crippen molar-refractivity contribution < 1.29 is 4.79 Å². The molecule has 0 aromatic rings. The maximum atomic E-state index is 11.6. The quantitative estimate of drug-likeness (QED) is 0.636. The van der Waals surface area contributed by atoms with Crippen LogP contribution in [-0.4, -0.2) is 12.5 Å².